The number of rotatable bonds is 2. The van der Waals surface area contributed by atoms with Crippen LogP contribution in [0, 0.1) is 23.0 Å². The van der Waals surface area contributed by atoms with Crippen molar-refractivity contribution in [2.75, 3.05) is 13.2 Å². The highest BCUT2D eigenvalue weighted by Crippen LogP contribution is 2.61. The summed E-state index contributed by atoms with van der Waals surface area (Å²) in [5.41, 5.74) is -0.210. The van der Waals surface area contributed by atoms with E-state index in [1.54, 1.807) is 12.1 Å². The fourth-order valence-electron chi connectivity index (χ4n) is 5.90. The Bertz CT molecular complexity index is 977. The fraction of sp³-hybridized carbons (Fsp3) is 0.435. The molecule has 5 rings (SSSR count). The van der Waals surface area contributed by atoms with Crippen LogP contribution in [0.25, 0.3) is 0 Å². The lowest BCUT2D eigenvalue weighted by Crippen LogP contribution is -2.57. The molecule has 1 saturated heterocycles. The zero-order chi connectivity index (χ0) is 20.2. The lowest BCUT2D eigenvalue weighted by Gasteiger charge is -2.54. The third-order valence-electron chi connectivity index (χ3n) is 7.15. The number of benzene rings is 2. The molecule has 3 nitrogen and oxygen atoms in total. The van der Waals surface area contributed by atoms with Crippen molar-refractivity contribution >= 4 is 17.6 Å². The van der Waals surface area contributed by atoms with E-state index >= 15 is 4.39 Å². The van der Waals surface area contributed by atoms with Gasteiger partial charge in [-0.2, -0.15) is 0 Å². The molecule has 1 aliphatic carbocycles. The van der Waals surface area contributed by atoms with Crippen LogP contribution in [0.4, 0.5) is 8.78 Å². The van der Waals surface area contributed by atoms with Crippen molar-refractivity contribution in [2.45, 2.75) is 37.5 Å². The number of fused-ring (bicyclic) bond motifs is 4. The first-order valence-electron chi connectivity index (χ1n) is 9.99. The van der Waals surface area contributed by atoms with Crippen molar-refractivity contribution in [1.29, 1.82) is 0 Å². The topological polar surface area (TPSA) is 35.5 Å². The molecule has 152 valence electrons. The van der Waals surface area contributed by atoms with Crippen LogP contribution in [0.1, 0.15) is 36.8 Å². The van der Waals surface area contributed by atoms with Gasteiger partial charge in [0.2, 0.25) is 0 Å². The van der Waals surface area contributed by atoms with Crippen molar-refractivity contribution in [2.24, 2.45) is 11.3 Å². The average Bonchev–Trinajstić information content (AvgIpc) is 3.07. The van der Waals surface area contributed by atoms with E-state index in [1.165, 1.54) is 0 Å². The summed E-state index contributed by atoms with van der Waals surface area (Å²) in [6.45, 7) is 0.543. The molecule has 1 spiro atoms. The number of carbonyl (C=O) groups is 1. The van der Waals surface area contributed by atoms with Crippen LogP contribution < -0.4 is 4.74 Å². The Morgan fingerprint density at radius 2 is 1.76 bits per heavy atom. The molecule has 0 unspecified atom stereocenters. The highest BCUT2D eigenvalue weighted by Gasteiger charge is 2.63. The molecular formula is C23H21ClF2O3. The molecule has 0 radical (unpaired) electrons. The minimum Gasteiger partial charge on any atom is -0.490 e. The van der Waals surface area contributed by atoms with Gasteiger partial charge < -0.3 is 9.47 Å². The van der Waals surface area contributed by atoms with E-state index in [0.717, 1.165) is 24.1 Å². The second kappa shape index (κ2) is 6.69. The summed E-state index contributed by atoms with van der Waals surface area (Å²) < 4.78 is 41.0. The van der Waals surface area contributed by atoms with Gasteiger partial charge in [-0.3, -0.25) is 4.79 Å². The summed E-state index contributed by atoms with van der Waals surface area (Å²) in [6.07, 6.45) is 3.17. The Labute approximate surface area is 173 Å². The number of hydrogen-bond acceptors (Lipinski definition) is 3. The van der Waals surface area contributed by atoms with Crippen molar-refractivity contribution in [1.82, 2.24) is 0 Å². The van der Waals surface area contributed by atoms with Gasteiger partial charge in [0.25, 0.3) is 0 Å². The summed E-state index contributed by atoms with van der Waals surface area (Å²) in [6, 6.07) is 9.69. The van der Waals surface area contributed by atoms with Gasteiger partial charge in [-0.05, 0) is 55.5 Å². The zero-order valence-electron chi connectivity index (χ0n) is 15.8. The Kier molecular flexibility index (Phi) is 4.35. The molecule has 29 heavy (non-hydrogen) atoms. The first kappa shape index (κ1) is 18.9. The van der Waals surface area contributed by atoms with Crippen molar-refractivity contribution < 1.29 is 23.0 Å². The number of cyclic esters (lactones) is 1. The Morgan fingerprint density at radius 3 is 2.48 bits per heavy atom. The van der Waals surface area contributed by atoms with Crippen LogP contribution in [0.2, 0.25) is 5.02 Å². The Morgan fingerprint density at radius 1 is 1.00 bits per heavy atom. The first-order chi connectivity index (χ1) is 14.0. The number of halogens is 3. The highest BCUT2D eigenvalue weighted by atomic mass is 35.5. The van der Waals surface area contributed by atoms with Gasteiger partial charge in [-0.25, -0.2) is 8.78 Å². The van der Waals surface area contributed by atoms with Crippen LogP contribution in [-0.2, 0) is 21.4 Å². The molecule has 3 aliphatic rings. The number of ether oxygens (including phenoxy) is 2. The molecule has 2 heterocycles. The summed E-state index contributed by atoms with van der Waals surface area (Å²) in [7, 11) is 0. The van der Waals surface area contributed by atoms with Crippen molar-refractivity contribution in [3.63, 3.8) is 0 Å². The largest absolute Gasteiger partial charge is 0.490 e. The maximum absolute atomic E-state index is 15.2. The van der Waals surface area contributed by atoms with E-state index < -0.39 is 22.5 Å². The van der Waals surface area contributed by atoms with E-state index in [9.17, 15) is 9.18 Å². The molecule has 2 aliphatic heterocycles. The van der Waals surface area contributed by atoms with Crippen LogP contribution in [0.5, 0.6) is 5.75 Å². The first-order valence-corrected chi connectivity index (χ1v) is 10.4. The summed E-state index contributed by atoms with van der Waals surface area (Å²) in [5.74, 6) is -1.57. The van der Waals surface area contributed by atoms with E-state index in [-0.39, 0.29) is 29.8 Å². The van der Waals surface area contributed by atoms with E-state index in [4.69, 9.17) is 21.1 Å². The number of carbonyl (C=O) groups excluding carboxylic acids is 1. The smallest absolute Gasteiger partial charge is 0.312 e. The normalized spacial score (nSPS) is 30.4. The molecule has 0 bridgehead atoms. The van der Waals surface area contributed by atoms with Crippen LogP contribution >= 0.6 is 11.6 Å². The molecule has 2 fully saturated rings. The average molecular weight is 419 g/mol. The van der Waals surface area contributed by atoms with Crippen LogP contribution in [-0.4, -0.2) is 19.2 Å². The minimum atomic E-state index is -0.741. The SMILES string of the molecule is O=C1OCC[C@]12CCC[C@@]1(Cc3ccc(Cl)cc3)c3c(F)ccc(F)c3OC[C@@H]21. The standard InChI is InChI=1S/C23H21ClF2O3/c24-15-4-2-14(3-5-15)12-23-9-1-8-22(10-11-28-21(22)27)18(23)13-29-20-17(26)7-6-16(25)19(20)23/h2-7,18H,1,8-13H2/t18-,22-,23-/m0/s1. The van der Waals surface area contributed by atoms with Gasteiger partial charge in [-0.15, -0.1) is 0 Å². The van der Waals surface area contributed by atoms with Gasteiger partial charge in [0.05, 0.1) is 18.6 Å². The third kappa shape index (κ3) is 2.70. The van der Waals surface area contributed by atoms with Crippen molar-refractivity contribution in [3.8, 4) is 5.75 Å². The van der Waals surface area contributed by atoms with Gasteiger partial charge >= 0.3 is 5.97 Å². The fourth-order valence-corrected chi connectivity index (χ4v) is 6.03. The van der Waals surface area contributed by atoms with E-state index in [2.05, 4.69) is 0 Å². The summed E-state index contributed by atoms with van der Waals surface area (Å²) in [4.78, 5) is 12.8. The van der Waals surface area contributed by atoms with E-state index in [0.29, 0.717) is 37.3 Å². The van der Waals surface area contributed by atoms with Gasteiger partial charge in [-0.1, -0.05) is 30.2 Å². The molecule has 1 saturated carbocycles. The maximum Gasteiger partial charge on any atom is 0.312 e. The van der Waals surface area contributed by atoms with Gasteiger partial charge in [0.1, 0.15) is 5.82 Å². The molecule has 0 aromatic heterocycles. The maximum atomic E-state index is 15.2. The zero-order valence-corrected chi connectivity index (χ0v) is 16.6. The Hall–Kier alpha value is -2.14. The Balaban J connectivity index is 1.72. The number of hydrogen-bond donors (Lipinski definition) is 0. The molecule has 2 aromatic rings. The molecular weight excluding hydrogens is 398 g/mol. The minimum absolute atomic E-state index is 0.0152. The molecule has 2 aromatic carbocycles. The third-order valence-corrected chi connectivity index (χ3v) is 7.40. The van der Waals surface area contributed by atoms with Crippen molar-refractivity contribution in [3.05, 3.63) is 64.2 Å². The molecule has 0 amide bonds. The summed E-state index contributed by atoms with van der Waals surface area (Å²) >= 11 is 6.04. The van der Waals surface area contributed by atoms with Gasteiger partial charge in [0.15, 0.2) is 11.6 Å². The van der Waals surface area contributed by atoms with E-state index in [1.807, 2.05) is 12.1 Å². The molecule has 3 atom stereocenters. The van der Waals surface area contributed by atoms with Crippen LogP contribution in [0.3, 0.4) is 0 Å². The number of esters is 1. The van der Waals surface area contributed by atoms with Crippen LogP contribution in [0.15, 0.2) is 36.4 Å². The highest BCUT2D eigenvalue weighted by molar-refractivity contribution is 6.30. The lowest BCUT2D eigenvalue weighted by molar-refractivity contribution is -0.155. The second-order valence-corrected chi connectivity index (χ2v) is 8.89. The predicted octanol–water partition coefficient (Wildman–Crippen LogP) is 5.22. The lowest BCUT2D eigenvalue weighted by atomic mass is 9.49. The van der Waals surface area contributed by atoms with Gasteiger partial charge in [0, 0.05) is 21.9 Å². The monoisotopic (exact) mass is 418 g/mol. The quantitative estimate of drug-likeness (QED) is 0.627. The predicted molar refractivity (Wildman–Crippen MR) is 104 cm³/mol. The second-order valence-electron chi connectivity index (χ2n) is 8.45. The molecule has 0 N–H and O–H groups in total. The molecule has 6 heteroatoms. The summed E-state index contributed by atoms with van der Waals surface area (Å²) in [5, 5.41) is 0.617.